The highest BCUT2D eigenvalue weighted by atomic mass is 16.4. The maximum absolute atomic E-state index is 10.8. The fraction of sp³-hybridized carbons (Fsp3) is 0.897. The van der Waals surface area contributed by atoms with E-state index in [1.165, 1.54) is 250 Å². The maximum Gasteiger partial charge on any atom is 0.0755 e. The molecule has 0 heterocycles. The van der Waals surface area contributed by atoms with Gasteiger partial charge in [0, 0.05) is 0 Å². The molecular formula is C58H117BN2O2. The standard InChI is InChI=1S/C26H45BO2.2C16H35N/c1-2-3-4-5-6-7-8-9-10-11-12-13-14-15-16-17-18-19-20-25-21-23-26(24-22-25)27(28)29;2*1-15(2)11-7-5-9-13-17-14-10-6-8-12-16(3)4/h21-24H,2-20H2,1H3;2*15-17H,5-14H2,1-4H3/q-2;;/p+2. The Labute approximate surface area is 398 Å². The lowest BCUT2D eigenvalue weighted by Crippen LogP contribution is -2.84. The third-order valence-electron chi connectivity index (χ3n) is 12.8. The summed E-state index contributed by atoms with van der Waals surface area (Å²) in [6.07, 6.45) is 49.0. The van der Waals surface area contributed by atoms with E-state index in [2.05, 4.69) is 72.9 Å². The van der Waals surface area contributed by atoms with E-state index in [0.717, 1.165) is 30.1 Å². The molecule has 1 rings (SSSR count). The predicted molar refractivity (Wildman–Crippen MR) is 281 cm³/mol. The second-order valence-electron chi connectivity index (χ2n) is 21.5. The number of rotatable bonds is 44. The van der Waals surface area contributed by atoms with E-state index < -0.39 is 7.12 Å². The molecule has 0 amide bonds. The van der Waals surface area contributed by atoms with E-state index in [1.807, 2.05) is 12.1 Å². The summed E-state index contributed by atoms with van der Waals surface area (Å²) in [5.41, 5.74) is 1.59. The Balaban J connectivity index is 0. The van der Waals surface area contributed by atoms with Crippen LogP contribution in [0.3, 0.4) is 0 Å². The van der Waals surface area contributed by atoms with Crippen molar-refractivity contribution in [3.05, 3.63) is 29.8 Å². The molecule has 4 N–H and O–H groups in total. The molecular weight excluding hydrogens is 767 g/mol. The van der Waals surface area contributed by atoms with Gasteiger partial charge in [0.2, 0.25) is 0 Å². The number of aryl methyl sites for hydroxylation is 1. The molecule has 0 aliphatic heterocycles. The van der Waals surface area contributed by atoms with Gasteiger partial charge in [0.15, 0.2) is 0 Å². The minimum absolute atomic E-state index is 0.353. The molecule has 0 atom stereocenters. The van der Waals surface area contributed by atoms with Gasteiger partial charge in [0.05, 0.1) is 26.2 Å². The second kappa shape index (κ2) is 52.1. The minimum atomic E-state index is -1.85. The monoisotopic (exact) mass is 885 g/mol. The first-order chi connectivity index (χ1) is 30.5. The van der Waals surface area contributed by atoms with Crippen LogP contribution < -0.4 is 26.1 Å². The maximum atomic E-state index is 10.8. The SMILES string of the molecule is CC(C)CCCCC[NH2+]CCCCCC(C)C.CC(C)CCCCC[NH2+]CCCCCC(C)C.CCCCCCCCCCCCCCCCCCCCc1ccc(B([O-])[O-])cc1. The highest BCUT2D eigenvalue weighted by molar-refractivity contribution is 6.55. The van der Waals surface area contributed by atoms with Gasteiger partial charge in [0.25, 0.3) is 0 Å². The van der Waals surface area contributed by atoms with Crippen molar-refractivity contribution >= 4 is 12.6 Å². The van der Waals surface area contributed by atoms with Crippen LogP contribution in [0.5, 0.6) is 0 Å². The third-order valence-corrected chi connectivity index (χ3v) is 12.8. The van der Waals surface area contributed by atoms with Gasteiger partial charge >= 0.3 is 0 Å². The van der Waals surface area contributed by atoms with Crippen LogP contribution in [0.15, 0.2) is 24.3 Å². The van der Waals surface area contributed by atoms with Crippen molar-refractivity contribution in [3.8, 4) is 0 Å². The molecule has 0 saturated carbocycles. The van der Waals surface area contributed by atoms with Crippen molar-refractivity contribution in [2.45, 2.75) is 287 Å². The normalized spacial score (nSPS) is 11.4. The lowest BCUT2D eigenvalue weighted by atomic mass is 9.80. The van der Waals surface area contributed by atoms with Crippen LogP contribution in [0.1, 0.15) is 286 Å². The number of quaternary nitrogens is 2. The van der Waals surface area contributed by atoms with Gasteiger partial charge in [-0.25, -0.2) is 0 Å². The number of hydrogen-bond acceptors (Lipinski definition) is 2. The molecule has 0 radical (unpaired) electrons. The van der Waals surface area contributed by atoms with Crippen LogP contribution in [0.4, 0.5) is 0 Å². The highest BCUT2D eigenvalue weighted by Crippen LogP contribution is 2.15. The Morgan fingerprint density at radius 1 is 0.349 bits per heavy atom. The quantitative estimate of drug-likeness (QED) is 0.0506. The summed E-state index contributed by atoms with van der Waals surface area (Å²) in [5, 5.41) is 26.7. The summed E-state index contributed by atoms with van der Waals surface area (Å²) >= 11 is 0. The van der Waals surface area contributed by atoms with E-state index in [-0.39, 0.29) is 0 Å². The van der Waals surface area contributed by atoms with Gasteiger partial charge in [-0.3, -0.25) is 0 Å². The lowest BCUT2D eigenvalue weighted by Gasteiger charge is -2.26. The predicted octanol–water partition coefficient (Wildman–Crippen LogP) is 13.7. The Morgan fingerprint density at radius 3 is 0.857 bits per heavy atom. The van der Waals surface area contributed by atoms with Crippen molar-refractivity contribution in [2.24, 2.45) is 23.7 Å². The van der Waals surface area contributed by atoms with Gasteiger partial charge in [-0.15, -0.1) is 5.46 Å². The molecule has 0 fully saturated rings. The molecule has 0 spiro atoms. The van der Waals surface area contributed by atoms with Gasteiger partial charge in [-0.2, -0.15) is 0 Å². The summed E-state index contributed by atoms with van der Waals surface area (Å²) in [5.74, 6) is 3.56. The Kier molecular flexibility index (Phi) is 53.1. The van der Waals surface area contributed by atoms with E-state index in [0.29, 0.717) is 5.46 Å². The molecule has 0 aromatic heterocycles. The van der Waals surface area contributed by atoms with Crippen molar-refractivity contribution in [3.63, 3.8) is 0 Å². The molecule has 374 valence electrons. The average molecular weight is 885 g/mol. The third kappa shape index (κ3) is 57.2. The summed E-state index contributed by atoms with van der Waals surface area (Å²) < 4.78 is 0. The fourth-order valence-electron chi connectivity index (χ4n) is 8.43. The average Bonchev–Trinajstić information content (AvgIpc) is 3.24. The largest absolute Gasteiger partial charge is 0.889 e. The molecule has 1 aromatic rings. The first-order valence-corrected chi connectivity index (χ1v) is 28.5. The van der Waals surface area contributed by atoms with Crippen LogP contribution in [0.2, 0.25) is 0 Å². The smallest absolute Gasteiger partial charge is 0.0755 e. The molecule has 0 unspecified atom stereocenters. The van der Waals surface area contributed by atoms with E-state index in [1.54, 1.807) is 12.1 Å². The van der Waals surface area contributed by atoms with Crippen LogP contribution in [-0.2, 0) is 6.42 Å². The van der Waals surface area contributed by atoms with E-state index in [9.17, 15) is 10.0 Å². The Hall–Kier alpha value is -0.875. The minimum Gasteiger partial charge on any atom is -0.889 e. The number of nitrogens with two attached hydrogens (primary N) is 2. The molecule has 63 heavy (non-hydrogen) atoms. The van der Waals surface area contributed by atoms with Crippen LogP contribution >= 0.6 is 0 Å². The van der Waals surface area contributed by atoms with Gasteiger partial charge < -0.3 is 20.7 Å². The summed E-state index contributed by atoms with van der Waals surface area (Å²) in [4.78, 5) is 0. The highest BCUT2D eigenvalue weighted by Gasteiger charge is 2.01. The van der Waals surface area contributed by atoms with Gasteiger partial charge in [0.1, 0.15) is 0 Å². The summed E-state index contributed by atoms with van der Waals surface area (Å²) in [7, 11) is -1.85. The van der Waals surface area contributed by atoms with Crippen LogP contribution in [0.25, 0.3) is 0 Å². The zero-order valence-corrected chi connectivity index (χ0v) is 44.7. The van der Waals surface area contributed by atoms with Crippen molar-refractivity contribution in [1.82, 2.24) is 0 Å². The fourth-order valence-corrected chi connectivity index (χ4v) is 8.43. The first kappa shape index (κ1) is 64.2. The molecule has 5 heteroatoms. The lowest BCUT2D eigenvalue weighted by molar-refractivity contribution is -0.655. The number of hydrogen-bond donors (Lipinski definition) is 2. The number of benzene rings is 1. The van der Waals surface area contributed by atoms with E-state index >= 15 is 0 Å². The number of unbranched alkanes of at least 4 members (excludes halogenated alkanes) is 25. The van der Waals surface area contributed by atoms with E-state index in [4.69, 9.17) is 0 Å². The molecule has 0 bridgehead atoms. The second-order valence-corrected chi connectivity index (χ2v) is 21.5. The van der Waals surface area contributed by atoms with Crippen LogP contribution in [0, 0.1) is 23.7 Å². The molecule has 0 aliphatic carbocycles. The zero-order valence-electron chi connectivity index (χ0n) is 44.7. The first-order valence-electron chi connectivity index (χ1n) is 28.5. The molecule has 0 saturated heterocycles. The summed E-state index contributed by atoms with van der Waals surface area (Å²) in [6, 6.07) is 7.25. The summed E-state index contributed by atoms with van der Waals surface area (Å²) in [6.45, 7) is 26.3. The Bertz CT molecular complexity index is 900. The van der Waals surface area contributed by atoms with Gasteiger partial charge in [-0.1, -0.05) is 254 Å². The van der Waals surface area contributed by atoms with Crippen LogP contribution in [-0.4, -0.2) is 33.3 Å². The Morgan fingerprint density at radius 2 is 0.603 bits per heavy atom. The molecule has 4 nitrogen and oxygen atoms in total. The topological polar surface area (TPSA) is 79.3 Å². The van der Waals surface area contributed by atoms with Crippen molar-refractivity contribution in [2.75, 3.05) is 26.2 Å². The van der Waals surface area contributed by atoms with Crippen molar-refractivity contribution in [1.29, 1.82) is 0 Å². The van der Waals surface area contributed by atoms with Crippen molar-refractivity contribution < 1.29 is 20.7 Å². The van der Waals surface area contributed by atoms with Gasteiger partial charge in [-0.05, 0) is 93.4 Å². The zero-order chi connectivity index (χ0) is 46.9. The molecule has 0 aliphatic rings. The molecule has 1 aromatic carbocycles.